The van der Waals surface area contributed by atoms with Crippen molar-refractivity contribution in [2.75, 3.05) is 25.5 Å². The second kappa shape index (κ2) is 9.52. The van der Waals surface area contributed by atoms with E-state index in [-0.39, 0.29) is 23.3 Å². The summed E-state index contributed by atoms with van der Waals surface area (Å²) in [5.41, 5.74) is 1.39. The zero-order valence-electron chi connectivity index (χ0n) is 16.9. The summed E-state index contributed by atoms with van der Waals surface area (Å²) in [4.78, 5) is 24.8. The first-order chi connectivity index (χ1) is 14.0. The molecule has 0 spiro atoms. The molecule has 0 aromatic heterocycles. The number of benzene rings is 2. The van der Waals surface area contributed by atoms with Crippen molar-refractivity contribution < 1.29 is 19.4 Å². The Kier molecular flexibility index (Phi) is 6.82. The number of nitrogens with one attached hydrogen (secondary N) is 2. The summed E-state index contributed by atoms with van der Waals surface area (Å²) in [6.07, 6.45) is 3.22. The molecular formula is C22H28N3O4+. The molecule has 0 saturated carbocycles. The van der Waals surface area contributed by atoms with Gasteiger partial charge in [-0.05, 0) is 49.8 Å². The van der Waals surface area contributed by atoms with Crippen LogP contribution in [0.4, 0.5) is 11.4 Å². The molecule has 0 unspecified atom stereocenters. The molecule has 0 radical (unpaired) electrons. The maximum absolute atomic E-state index is 12.7. The molecule has 1 fully saturated rings. The first kappa shape index (κ1) is 20.8. The SMILES string of the molecule is COc1ccc(NC(=O)[C@@H](C)[NH+]2CCC(Cc3ccccc3)CC2)c([N+](=O)[O-])c1. The average Bonchev–Trinajstić information content (AvgIpc) is 2.74. The van der Waals surface area contributed by atoms with Gasteiger partial charge in [0.15, 0.2) is 6.04 Å². The Labute approximate surface area is 170 Å². The van der Waals surface area contributed by atoms with E-state index in [4.69, 9.17) is 4.74 Å². The largest absolute Gasteiger partial charge is 0.496 e. The molecule has 1 aliphatic rings. The fourth-order valence-corrected chi connectivity index (χ4v) is 3.95. The van der Waals surface area contributed by atoms with Crippen LogP contribution >= 0.6 is 0 Å². The van der Waals surface area contributed by atoms with Crippen molar-refractivity contribution in [3.05, 3.63) is 64.2 Å². The standard InChI is InChI=1S/C22H27N3O4/c1-16(22(26)23-20-9-8-19(29-2)15-21(20)25(27)28)24-12-10-18(11-13-24)14-17-6-4-3-5-7-17/h3-9,15-16,18H,10-14H2,1-2H3,(H,23,26)/p+1/t16-/m1/s1. The third-order valence-corrected chi connectivity index (χ3v) is 5.78. The Morgan fingerprint density at radius 1 is 1.24 bits per heavy atom. The number of nitro groups is 1. The molecule has 2 aromatic carbocycles. The van der Waals surface area contributed by atoms with E-state index in [9.17, 15) is 14.9 Å². The molecular weight excluding hydrogens is 370 g/mol. The second-order valence-corrected chi connectivity index (χ2v) is 7.64. The number of piperidine rings is 1. The number of hydrogen-bond acceptors (Lipinski definition) is 4. The number of ether oxygens (including phenoxy) is 1. The molecule has 0 aliphatic carbocycles. The summed E-state index contributed by atoms with van der Waals surface area (Å²) in [7, 11) is 1.45. The van der Waals surface area contributed by atoms with Crippen molar-refractivity contribution in [2.24, 2.45) is 5.92 Å². The predicted octanol–water partition coefficient (Wildman–Crippen LogP) is 2.47. The van der Waals surface area contributed by atoms with Gasteiger partial charge in [-0.25, -0.2) is 0 Å². The van der Waals surface area contributed by atoms with Crippen LogP contribution in [0.1, 0.15) is 25.3 Å². The van der Waals surface area contributed by atoms with Crippen molar-refractivity contribution in [1.29, 1.82) is 0 Å². The van der Waals surface area contributed by atoms with Crippen LogP contribution in [-0.4, -0.2) is 37.1 Å². The number of amides is 1. The molecule has 1 heterocycles. The number of quaternary nitrogens is 1. The number of carbonyl (C=O) groups excluding carboxylic acids is 1. The lowest BCUT2D eigenvalue weighted by Gasteiger charge is -2.32. The number of hydrogen-bond donors (Lipinski definition) is 2. The summed E-state index contributed by atoms with van der Waals surface area (Å²) >= 11 is 0. The van der Waals surface area contributed by atoms with Gasteiger partial charge < -0.3 is 15.0 Å². The monoisotopic (exact) mass is 398 g/mol. The van der Waals surface area contributed by atoms with Gasteiger partial charge in [0.25, 0.3) is 11.6 Å². The smallest absolute Gasteiger partial charge is 0.296 e. The van der Waals surface area contributed by atoms with E-state index in [0.29, 0.717) is 11.7 Å². The van der Waals surface area contributed by atoms with E-state index in [1.165, 1.54) is 29.7 Å². The zero-order valence-corrected chi connectivity index (χ0v) is 16.9. The molecule has 1 aliphatic heterocycles. The van der Waals surface area contributed by atoms with E-state index in [2.05, 4.69) is 29.6 Å². The Balaban J connectivity index is 1.57. The Morgan fingerprint density at radius 3 is 2.55 bits per heavy atom. The Bertz CT molecular complexity index is 848. The van der Waals surface area contributed by atoms with Gasteiger partial charge in [-0.3, -0.25) is 14.9 Å². The van der Waals surface area contributed by atoms with Crippen LogP contribution in [0, 0.1) is 16.0 Å². The van der Waals surface area contributed by atoms with E-state index in [1.54, 1.807) is 6.07 Å². The summed E-state index contributed by atoms with van der Waals surface area (Å²) in [5.74, 6) is 0.822. The Hall–Kier alpha value is -2.93. The van der Waals surface area contributed by atoms with Crippen LogP contribution in [0.15, 0.2) is 48.5 Å². The van der Waals surface area contributed by atoms with Gasteiger partial charge in [0.2, 0.25) is 0 Å². The molecule has 7 heteroatoms. The third-order valence-electron chi connectivity index (χ3n) is 5.78. The van der Waals surface area contributed by atoms with Crippen molar-refractivity contribution in [3.63, 3.8) is 0 Å². The molecule has 1 amide bonds. The molecule has 3 rings (SSSR count). The van der Waals surface area contributed by atoms with Crippen LogP contribution < -0.4 is 15.0 Å². The van der Waals surface area contributed by atoms with Gasteiger partial charge in [0.1, 0.15) is 11.4 Å². The summed E-state index contributed by atoms with van der Waals surface area (Å²) in [5, 5.41) is 14.1. The van der Waals surface area contributed by atoms with E-state index < -0.39 is 4.92 Å². The van der Waals surface area contributed by atoms with Gasteiger partial charge >= 0.3 is 0 Å². The summed E-state index contributed by atoms with van der Waals surface area (Å²) < 4.78 is 5.04. The minimum atomic E-state index is -0.509. The maximum Gasteiger partial charge on any atom is 0.296 e. The summed E-state index contributed by atoms with van der Waals surface area (Å²) in [6.45, 7) is 3.74. The highest BCUT2D eigenvalue weighted by molar-refractivity contribution is 5.95. The number of likely N-dealkylation sites (tertiary alicyclic amines) is 1. The quantitative estimate of drug-likeness (QED) is 0.554. The molecule has 2 N–H and O–H groups in total. The second-order valence-electron chi connectivity index (χ2n) is 7.64. The van der Waals surface area contributed by atoms with Crippen molar-refractivity contribution in [3.8, 4) is 5.75 Å². The fourth-order valence-electron chi connectivity index (χ4n) is 3.95. The maximum atomic E-state index is 12.7. The van der Waals surface area contributed by atoms with Crippen LogP contribution in [0.25, 0.3) is 0 Å². The van der Waals surface area contributed by atoms with Gasteiger partial charge in [0.05, 0.1) is 31.2 Å². The molecule has 1 saturated heterocycles. The van der Waals surface area contributed by atoms with Gasteiger partial charge in [-0.15, -0.1) is 0 Å². The van der Waals surface area contributed by atoms with Gasteiger partial charge in [-0.1, -0.05) is 30.3 Å². The molecule has 7 nitrogen and oxygen atoms in total. The van der Waals surface area contributed by atoms with Crippen LogP contribution in [0.2, 0.25) is 0 Å². The van der Waals surface area contributed by atoms with Crippen molar-refractivity contribution >= 4 is 17.3 Å². The normalized spacial score (nSPS) is 19.9. The fraction of sp³-hybridized carbons (Fsp3) is 0.409. The Morgan fingerprint density at radius 2 is 1.93 bits per heavy atom. The van der Waals surface area contributed by atoms with Crippen LogP contribution in [0.5, 0.6) is 5.75 Å². The van der Waals surface area contributed by atoms with Crippen LogP contribution in [0.3, 0.4) is 0 Å². The van der Waals surface area contributed by atoms with Crippen molar-refractivity contribution in [2.45, 2.75) is 32.2 Å². The lowest BCUT2D eigenvalue weighted by molar-refractivity contribution is -0.919. The molecule has 1 atom stereocenters. The highest BCUT2D eigenvalue weighted by Crippen LogP contribution is 2.29. The van der Waals surface area contributed by atoms with E-state index in [1.807, 2.05) is 13.0 Å². The topological polar surface area (TPSA) is 85.9 Å². The van der Waals surface area contributed by atoms with E-state index >= 15 is 0 Å². The van der Waals surface area contributed by atoms with Gasteiger partial charge in [-0.2, -0.15) is 0 Å². The van der Waals surface area contributed by atoms with Gasteiger partial charge in [0, 0.05) is 0 Å². The summed E-state index contributed by atoms with van der Waals surface area (Å²) in [6, 6.07) is 14.7. The molecule has 29 heavy (non-hydrogen) atoms. The van der Waals surface area contributed by atoms with E-state index in [0.717, 1.165) is 32.4 Å². The number of methoxy groups -OCH3 is 1. The highest BCUT2D eigenvalue weighted by atomic mass is 16.6. The first-order valence-electron chi connectivity index (χ1n) is 9.99. The number of carbonyl (C=O) groups is 1. The first-order valence-corrected chi connectivity index (χ1v) is 9.99. The highest BCUT2D eigenvalue weighted by Gasteiger charge is 2.31. The number of rotatable bonds is 7. The van der Waals surface area contributed by atoms with Crippen LogP contribution in [-0.2, 0) is 11.2 Å². The number of nitro benzene ring substituents is 1. The predicted molar refractivity (Wildman–Crippen MR) is 111 cm³/mol. The average molecular weight is 398 g/mol. The minimum absolute atomic E-state index is 0.165. The molecule has 154 valence electrons. The van der Waals surface area contributed by atoms with Crippen molar-refractivity contribution in [1.82, 2.24) is 0 Å². The number of nitrogens with zero attached hydrogens (tertiary/aromatic N) is 1. The molecule has 0 bridgehead atoms. The third kappa shape index (κ3) is 5.32. The number of anilines is 1. The molecule has 2 aromatic rings. The lowest BCUT2D eigenvalue weighted by atomic mass is 9.89. The minimum Gasteiger partial charge on any atom is -0.496 e. The lowest BCUT2D eigenvalue weighted by Crippen LogP contribution is -3.17. The zero-order chi connectivity index (χ0) is 20.8.